The Morgan fingerprint density at radius 1 is 0.225 bits per heavy atom. The Kier molecular flexibility index (Phi) is 12.3. The van der Waals surface area contributed by atoms with Gasteiger partial charge < -0.3 is 8.83 Å². The van der Waals surface area contributed by atoms with Gasteiger partial charge >= 0.3 is 0 Å². The van der Waals surface area contributed by atoms with Gasteiger partial charge in [0.05, 0.1) is 33.2 Å². The molecule has 0 aliphatic heterocycles. The number of hydrogen-bond donors (Lipinski definition) is 0. The first-order chi connectivity index (χ1) is 50.6. The van der Waals surface area contributed by atoms with Crippen LogP contribution in [0.2, 0.25) is 0 Å². The van der Waals surface area contributed by atoms with Crippen LogP contribution in [-0.4, -0.2) is 39.0 Å². The van der Waals surface area contributed by atoms with Crippen molar-refractivity contribution in [2.45, 2.75) is 0 Å². The Balaban J connectivity index is 0.667. The largest absolute Gasteiger partial charge is 0.455 e. The van der Waals surface area contributed by atoms with Crippen LogP contribution in [0.4, 0.5) is 0 Å². The molecule has 0 aliphatic carbocycles. The van der Waals surface area contributed by atoms with Crippen LogP contribution in [0, 0.1) is 0 Å². The summed E-state index contributed by atoms with van der Waals surface area (Å²) in [4.78, 5) is 31.9. The maximum atomic E-state index is 7.28. The molecule has 22 rings (SSSR count). The highest BCUT2D eigenvalue weighted by molar-refractivity contribution is 7.26. The van der Waals surface area contributed by atoms with E-state index in [9.17, 15) is 0 Å². The summed E-state index contributed by atoms with van der Waals surface area (Å²) in [6.45, 7) is 0. The summed E-state index contributed by atoms with van der Waals surface area (Å²) in [7, 11) is 0. The van der Waals surface area contributed by atoms with E-state index in [4.69, 9.17) is 38.7 Å². The number of rotatable bonds is 9. The van der Waals surface area contributed by atoms with Crippen LogP contribution in [0.1, 0.15) is 0 Å². The van der Waals surface area contributed by atoms with Crippen molar-refractivity contribution >= 4 is 151 Å². The molecular formula is C90H50N8O2S2. The summed E-state index contributed by atoms with van der Waals surface area (Å²) in [5, 5.41) is 13.3. The van der Waals surface area contributed by atoms with E-state index < -0.39 is 0 Å². The van der Waals surface area contributed by atoms with E-state index in [-0.39, 0.29) is 0 Å². The molecule has 0 saturated heterocycles. The molecule has 0 saturated carbocycles. The van der Waals surface area contributed by atoms with Gasteiger partial charge in [-0.05, 0) is 89.0 Å². The minimum atomic E-state index is 0.505. The third kappa shape index (κ3) is 8.57. The van der Waals surface area contributed by atoms with Crippen molar-refractivity contribution < 1.29 is 8.83 Å². The lowest BCUT2D eigenvalue weighted by atomic mass is 9.96. The Labute approximate surface area is 588 Å². The molecule has 8 aromatic heterocycles. The summed E-state index contributed by atoms with van der Waals surface area (Å²) in [5.74, 6) is 3.19. The van der Waals surface area contributed by atoms with Gasteiger partial charge in [0.2, 0.25) is 11.9 Å². The van der Waals surface area contributed by atoms with E-state index in [0.717, 1.165) is 132 Å². The van der Waals surface area contributed by atoms with Gasteiger partial charge in [-0.3, -0.25) is 9.13 Å². The molecule has 0 bridgehead atoms. The van der Waals surface area contributed by atoms with Crippen molar-refractivity contribution in [3.8, 4) is 90.8 Å². The smallest absolute Gasteiger partial charge is 0.238 e. The van der Waals surface area contributed by atoms with E-state index in [1.165, 1.54) is 40.3 Å². The summed E-state index contributed by atoms with van der Waals surface area (Å²) in [6.07, 6.45) is 0. The van der Waals surface area contributed by atoms with Gasteiger partial charge in [-0.2, -0.15) is 19.9 Å². The van der Waals surface area contributed by atoms with Crippen LogP contribution in [-0.2, 0) is 0 Å². The fourth-order valence-corrected chi connectivity index (χ4v) is 18.1. The molecule has 0 unspecified atom stereocenters. The average molecular weight is 1340 g/mol. The summed E-state index contributed by atoms with van der Waals surface area (Å²) in [6, 6.07) is 107. The number of furan rings is 2. The molecule has 0 N–H and O–H groups in total. The number of aromatic nitrogens is 8. The zero-order chi connectivity index (χ0) is 66.7. The molecule has 8 heterocycles. The maximum absolute atomic E-state index is 7.28. The third-order valence-electron chi connectivity index (χ3n) is 20.3. The highest BCUT2D eigenvalue weighted by Crippen LogP contribution is 2.49. The van der Waals surface area contributed by atoms with Gasteiger partial charge in [0.25, 0.3) is 0 Å². The first kappa shape index (κ1) is 56.7. The predicted octanol–water partition coefficient (Wildman–Crippen LogP) is 24.5. The molecular weight excluding hydrogens is 1290 g/mol. The lowest BCUT2D eigenvalue weighted by molar-refractivity contribution is 0.670. The van der Waals surface area contributed by atoms with Crippen molar-refractivity contribution in [3.05, 3.63) is 303 Å². The van der Waals surface area contributed by atoms with Gasteiger partial charge in [0.15, 0.2) is 23.3 Å². The van der Waals surface area contributed by atoms with Crippen LogP contribution in [0.5, 0.6) is 0 Å². The molecule has 0 amide bonds. The van der Waals surface area contributed by atoms with Gasteiger partial charge in [-0.1, -0.05) is 237 Å². The summed E-state index contributed by atoms with van der Waals surface area (Å²) < 4.78 is 23.7. The molecule has 102 heavy (non-hydrogen) atoms. The number of benzene rings is 14. The highest BCUT2D eigenvalue weighted by Gasteiger charge is 2.26. The molecule has 22 aromatic rings. The Morgan fingerprint density at radius 2 is 0.618 bits per heavy atom. The number of thiophene rings is 2. The van der Waals surface area contributed by atoms with E-state index in [2.05, 4.69) is 264 Å². The monoisotopic (exact) mass is 1340 g/mol. The second kappa shape index (κ2) is 22.1. The highest BCUT2D eigenvalue weighted by atomic mass is 32.1. The maximum Gasteiger partial charge on any atom is 0.238 e. The predicted molar refractivity (Wildman–Crippen MR) is 420 cm³/mol. The molecule has 12 heteroatoms. The minimum absolute atomic E-state index is 0.505. The molecule has 14 aromatic carbocycles. The quantitative estimate of drug-likeness (QED) is 0.140. The van der Waals surface area contributed by atoms with E-state index in [0.29, 0.717) is 46.4 Å². The number of hydrogen-bond acceptors (Lipinski definition) is 10. The van der Waals surface area contributed by atoms with Gasteiger partial charge in [0, 0.05) is 106 Å². The lowest BCUT2D eigenvalue weighted by Crippen LogP contribution is -2.06. The van der Waals surface area contributed by atoms with Crippen molar-refractivity contribution in [3.63, 3.8) is 0 Å². The minimum Gasteiger partial charge on any atom is -0.455 e. The molecule has 0 atom stereocenters. The van der Waals surface area contributed by atoms with Crippen LogP contribution in [0.3, 0.4) is 0 Å². The number of fused-ring (bicyclic) bond motifs is 18. The molecule has 10 nitrogen and oxygen atoms in total. The summed E-state index contributed by atoms with van der Waals surface area (Å²) >= 11 is 3.64. The van der Waals surface area contributed by atoms with Crippen molar-refractivity contribution in [1.29, 1.82) is 0 Å². The first-order valence-corrected chi connectivity index (χ1v) is 35.6. The lowest BCUT2D eigenvalue weighted by Gasteiger charge is -2.11. The second-order valence-electron chi connectivity index (χ2n) is 26.0. The van der Waals surface area contributed by atoms with Gasteiger partial charge in [0.1, 0.15) is 22.3 Å². The number of para-hydroxylation sites is 7. The van der Waals surface area contributed by atoms with Crippen molar-refractivity contribution in [2.75, 3.05) is 0 Å². The molecule has 0 aliphatic rings. The van der Waals surface area contributed by atoms with Crippen LogP contribution in [0.25, 0.3) is 219 Å². The van der Waals surface area contributed by atoms with E-state index in [1.807, 2.05) is 71.2 Å². The zero-order valence-corrected chi connectivity index (χ0v) is 55.7. The summed E-state index contributed by atoms with van der Waals surface area (Å²) in [5.41, 5.74) is 16.8. The molecule has 0 spiro atoms. The van der Waals surface area contributed by atoms with Crippen LogP contribution >= 0.6 is 22.7 Å². The third-order valence-corrected chi connectivity index (χ3v) is 22.7. The first-order valence-electron chi connectivity index (χ1n) is 34.0. The zero-order valence-electron chi connectivity index (χ0n) is 54.1. The van der Waals surface area contributed by atoms with Crippen LogP contribution < -0.4 is 0 Å². The van der Waals surface area contributed by atoms with Gasteiger partial charge in [-0.15, -0.1) is 22.7 Å². The SMILES string of the molecule is c1ccc(-c2nc(-c3cccc4c3oc3c(-c5ccc6sc7ccccc7c6c5)cccc34)nc(-n3c4ccccc4c4cc(-c5cccc6c5sc5cccc(-c7cccc8c7oc7c(-c9nc(-c%10ccccc%10)nc(-n%10c%11ccccc%11c%11ccccc%11%10)n9)cccc78)c56)ccc43)n2)cc1. The molecule has 0 radical (unpaired) electrons. The Morgan fingerprint density at radius 3 is 1.22 bits per heavy atom. The van der Waals surface area contributed by atoms with Crippen LogP contribution in [0.15, 0.2) is 312 Å². The fourth-order valence-electron chi connectivity index (χ4n) is 15.7. The van der Waals surface area contributed by atoms with Crippen molar-refractivity contribution in [1.82, 2.24) is 39.0 Å². The van der Waals surface area contributed by atoms with Gasteiger partial charge in [-0.25, -0.2) is 9.97 Å². The molecule has 0 fully saturated rings. The van der Waals surface area contributed by atoms with Crippen molar-refractivity contribution in [2.24, 2.45) is 0 Å². The topological polar surface area (TPSA) is 113 Å². The molecule has 474 valence electrons. The standard InChI is InChI=1S/C90H50N8O2S2/c1-3-21-51(22-4-1)85-91-88(95-89(93-85)97-72-40-11-7-25-57(72)58-26-8-12-41-73(58)97)69-39-19-36-66-64-34-17-32-62(81(64)100-83(66)69)61-31-20-44-78-79(61)67-37-16-30-56(84(67)102-78)54-45-47-75-70(49-54)59-27-9-13-42-74(59)98(75)90-94-86(52-23-5-2-6-24-52)92-87(96-90)68-38-18-35-65-63-33-15-29-55(80(63)99-82(65)68)53-46-48-77-71(50-53)60-28-10-14-43-76(60)101-77/h1-50H. The Hall–Kier alpha value is -13.3. The second-order valence-corrected chi connectivity index (χ2v) is 28.1. The van der Waals surface area contributed by atoms with E-state index in [1.54, 1.807) is 0 Å². The van der Waals surface area contributed by atoms with E-state index >= 15 is 0 Å². The normalized spacial score (nSPS) is 12.1. The fraction of sp³-hybridized carbons (Fsp3) is 0. The average Bonchev–Trinajstić information content (AvgIpc) is 1.58. The Bertz CT molecular complexity index is 7230. The number of nitrogens with zero attached hydrogens (tertiary/aromatic N) is 8.